The molecule has 9 nitrogen and oxygen atoms in total. The fourth-order valence-corrected chi connectivity index (χ4v) is 5.88. The minimum absolute atomic E-state index is 0.0596. The van der Waals surface area contributed by atoms with Crippen molar-refractivity contribution >= 4 is 23.4 Å². The number of rotatable bonds is 3. The van der Waals surface area contributed by atoms with E-state index >= 15 is 0 Å². The largest absolute Gasteiger partial charge is 0.502 e. The first-order chi connectivity index (χ1) is 17.3. The van der Waals surface area contributed by atoms with Crippen LogP contribution in [0.2, 0.25) is 5.02 Å². The van der Waals surface area contributed by atoms with Gasteiger partial charge < -0.3 is 20.1 Å². The zero-order chi connectivity index (χ0) is 25.4. The minimum atomic E-state index is -1.27. The van der Waals surface area contributed by atoms with Crippen molar-refractivity contribution in [1.82, 2.24) is 19.8 Å². The third-order valence-electron chi connectivity index (χ3n) is 7.23. The Morgan fingerprint density at radius 1 is 1.25 bits per heavy atom. The van der Waals surface area contributed by atoms with Crippen LogP contribution in [0.5, 0.6) is 11.6 Å². The van der Waals surface area contributed by atoms with Crippen LogP contribution >= 0.6 is 11.6 Å². The average Bonchev–Trinajstić information content (AvgIpc) is 3.38. The molecule has 0 saturated carbocycles. The van der Waals surface area contributed by atoms with Crippen LogP contribution in [0, 0.1) is 5.82 Å². The van der Waals surface area contributed by atoms with Crippen LogP contribution in [0.25, 0.3) is 0 Å². The summed E-state index contributed by atoms with van der Waals surface area (Å²) in [4.78, 5) is 46.0. The van der Waals surface area contributed by atoms with Crippen molar-refractivity contribution in [3.8, 4) is 11.6 Å². The molecule has 0 radical (unpaired) electrons. The number of nitrogens with one attached hydrogen (secondary N) is 1. The first-order valence-electron chi connectivity index (χ1n) is 11.4. The van der Waals surface area contributed by atoms with E-state index in [-0.39, 0.29) is 41.7 Å². The predicted octanol–water partition coefficient (Wildman–Crippen LogP) is 2.34. The number of aromatic nitrogens is 2. The molecular weight excluding hydrogens is 491 g/mol. The lowest BCUT2D eigenvalue weighted by Gasteiger charge is -2.32. The number of hydrogen-bond donors (Lipinski definition) is 2. The summed E-state index contributed by atoms with van der Waals surface area (Å²) in [6, 6.07) is 5.96. The Balaban J connectivity index is 1.48. The van der Waals surface area contributed by atoms with Crippen LogP contribution < -0.4 is 15.6 Å². The maximum absolute atomic E-state index is 13.6. The van der Waals surface area contributed by atoms with Crippen molar-refractivity contribution in [1.29, 1.82) is 0 Å². The van der Waals surface area contributed by atoms with E-state index in [1.54, 1.807) is 6.20 Å². The highest BCUT2D eigenvalue weighted by molar-refractivity contribution is 6.30. The monoisotopic (exact) mass is 510 g/mol. The van der Waals surface area contributed by atoms with Crippen LogP contribution in [0.15, 0.2) is 35.3 Å². The molecule has 1 unspecified atom stereocenters. The molecule has 1 aliphatic carbocycles. The molecule has 2 aliphatic heterocycles. The lowest BCUT2D eigenvalue weighted by Crippen LogP contribution is -2.47. The van der Waals surface area contributed by atoms with Crippen LogP contribution in [0.3, 0.4) is 0 Å². The number of carbonyl (C=O) groups excluding carboxylic acids is 2. The highest BCUT2D eigenvalue weighted by atomic mass is 35.5. The predicted molar refractivity (Wildman–Crippen MR) is 126 cm³/mol. The van der Waals surface area contributed by atoms with Gasteiger partial charge in [0.05, 0.1) is 23.3 Å². The number of amides is 2. The summed E-state index contributed by atoms with van der Waals surface area (Å²) in [7, 11) is 1.46. The lowest BCUT2D eigenvalue weighted by molar-refractivity contribution is 0.0721. The second kappa shape index (κ2) is 7.79. The zero-order valence-corrected chi connectivity index (χ0v) is 19.9. The number of pyridine rings is 2. The summed E-state index contributed by atoms with van der Waals surface area (Å²) in [6.45, 7) is 0.329. The zero-order valence-electron chi connectivity index (χ0n) is 19.1. The average molecular weight is 511 g/mol. The Hall–Kier alpha value is -3.92. The number of aromatic hydroxyl groups is 1. The van der Waals surface area contributed by atoms with Gasteiger partial charge in [0.25, 0.3) is 17.4 Å². The van der Waals surface area contributed by atoms with E-state index in [0.29, 0.717) is 29.5 Å². The molecule has 36 heavy (non-hydrogen) atoms. The van der Waals surface area contributed by atoms with Crippen molar-refractivity contribution in [2.45, 2.75) is 31.5 Å². The normalized spacial score (nSPS) is 19.8. The van der Waals surface area contributed by atoms with E-state index < -0.39 is 34.6 Å². The van der Waals surface area contributed by atoms with E-state index in [2.05, 4.69) is 10.3 Å². The molecule has 1 atom stereocenters. The maximum atomic E-state index is 13.6. The molecule has 1 aromatic carbocycles. The Bertz CT molecular complexity index is 1550. The molecule has 3 aliphatic rings. The third-order valence-corrected chi connectivity index (χ3v) is 7.52. The molecule has 0 fully saturated rings. The summed E-state index contributed by atoms with van der Waals surface area (Å²) >= 11 is 5.87. The molecule has 3 aromatic rings. The second-order valence-corrected chi connectivity index (χ2v) is 9.49. The molecular formula is C25H20ClFN4O5. The van der Waals surface area contributed by atoms with Gasteiger partial charge in [-0.15, -0.1) is 0 Å². The number of aryl methyl sites for hydroxylation is 1. The summed E-state index contributed by atoms with van der Waals surface area (Å²) in [6.07, 6.45) is 2.76. The minimum Gasteiger partial charge on any atom is -0.502 e. The number of hydrogen-bond acceptors (Lipinski definition) is 6. The van der Waals surface area contributed by atoms with Crippen molar-refractivity contribution in [2.75, 3.05) is 13.7 Å². The van der Waals surface area contributed by atoms with Gasteiger partial charge in [-0.3, -0.25) is 19.0 Å². The van der Waals surface area contributed by atoms with Gasteiger partial charge in [-0.25, -0.2) is 9.37 Å². The third kappa shape index (κ3) is 2.94. The van der Waals surface area contributed by atoms with Gasteiger partial charge >= 0.3 is 0 Å². The standard InChI is InChI=1S/C25H20ClFN4O5/c1-36-22-18-13(5-8-28-22)4-7-25(18)29-21(33)19-14-6-9-30(11-12-2-3-16(27)15(26)10-12)23(34)17(14)20(32)24(35)31(19)25/h2-3,5,8,10,32H,4,6-7,9,11H2,1H3,(H,29,33). The number of benzene rings is 1. The van der Waals surface area contributed by atoms with Crippen LogP contribution in [0.4, 0.5) is 4.39 Å². The number of halogens is 2. The molecule has 0 bridgehead atoms. The molecule has 2 N–H and O–H groups in total. The first kappa shape index (κ1) is 22.5. The summed E-state index contributed by atoms with van der Waals surface area (Å²) in [5, 5.41) is 13.9. The summed E-state index contributed by atoms with van der Waals surface area (Å²) in [5.41, 5.74) is 0.109. The van der Waals surface area contributed by atoms with Crippen molar-refractivity contribution in [3.63, 3.8) is 0 Å². The van der Waals surface area contributed by atoms with Gasteiger partial charge in [-0.05, 0) is 48.6 Å². The quantitative estimate of drug-likeness (QED) is 0.559. The van der Waals surface area contributed by atoms with Gasteiger partial charge in [-0.1, -0.05) is 17.7 Å². The Kier molecular flexibility index (Phi) is 4.88. The van der Waals surface area contributed by atoms with Crippen LogP contribution in [0.1, 0.15) is 49.5 Å². The highest BCUT2D eigenvalue weighted by Gasteiger charge is 2.53. The SMILES string of the molecule is COc1nccc2c1C1(CC2)NC(=O)c2c3c(c(O)c(=O)n21)C(=O)N(Cc1ccc(F)c(Cl)c1)CC3. The van der Waals surface area contributed by atoms with E-state index in [4.69, 9.17) is 16.3 Å². The van der Waals surface area contributed by atoms with Gasteiger partial charge in [0.15, 0.2) is 11.4 Å². The smallest absolute Gasteiger partial charge is 0.296 e. The first-order valence-corrected chi connectivity index (χ1v) is 11.7. The topological polar surface area (TPSA) is 114 Å². The number of nitrogens with zero attached hydrogens (tertiary/aromatic N) is 3. The molecule has 184 valence electrons. The number of methoxy groups -OCH3 is 1. The molecule has 1 spiro atoms. The van der Waals surface area contributed by atoms with Crippen molar-refractivity contribution in [2.24, 2.45) is 0 Å². The Morgan fingerprint density at radius 3 is 2.81 bits per heavy atom. The fraction of sp³-hybridized carbons (Fsp3) is 0.280. The van der Waals surface area contributed by atoms with Crippen molar-refractivity contribution in [3.05, 3.63) is 85.2 Å². The van der Waals surface area contributed by atoms with E-state index in [0.717, 1.165) is 5.56 Å². The van der Waals surface area contributed by atoms with E-state index in [9.17, 15) is 23.9 Å². The fourth-order valence-electron chi connectivity index (χ4n) is 5.68. The molecule has 2 amide bonds. The lowest BCUT2D eigenvalue weighted by atomic mass is 9.95. The van der Waals surface area contributed by atoms with Crippen molar-refractivity contribution < 1.29 is 23.8 Å². The van der Waals surface area contributed by atoms with E-state index in [1.807, 2.05) is 6.07 Å². The molecule has 0 saturated heterocycles. The molecule has 2 aromatic heterocycles. The molecule has 4 heterocycles. The van der Waals surface area contributed by atoms with Crippen LogP contribution in [-0.2, 0) is 25.0 Å². The number of fused-ring (bicyclic) bond motifs is 6. The van der Waals surface area contributed by atoms with Gasteiger partial charge in [0, 0.05) is 24.8 Å². The van der Waals surface area contributed by atoms with Crippen LogP contribution in [-0.4, -0.2) is 45.0 Å². The Labute approximate surface area is 209 Å². The van der Waals surface area contributed by atoms with Gasteiger partial charge in [-0.2, -0.15) is 0 Å². The highest BCUT2D eigenvalue weighted by Crippen LogP contribution is 2.46. The maximum Gasteiger partial charge on any atom is 0.296 e. The van der Waals surface area contributed by atoms with Gasteiger partial charge in [0.2, 0.25) is 5.88 Å². The summed E-state index contributed by atoms with van der Waals surface area (Å²) < 4.78 is 20.3. The van der Waals surface area contributed by atoms with Gasteiger partial charge in [0.1, 0.15) is 11.5 Å². The second-order valence-electron chi connectivity index (χ2n) is 9.09. The summed E-state index contributed by atoms with van der Waals surface area (Å²) in [5.74, 6) is -2.10. The Morgan fingerprint density at radius 2 is 2.06 bits per heavy atom. The number of ether oxygens (including phenoxy) is 1. The molecule has 11 heteroatoms. The molecule has 6 rings (SSSR count). The van der Waals surface area contributed by atoms with E-state index in [1.165, 1.54) is 34.8 Å². The number of carbonyl (C=O) groups is 2.